The highest BCUT2D eigenvalue weighted by atomic mass is 35.5. The second-order valence-corrected chi connectivity index (χ2v) is 3.09. The maximum absolute atomic E-state index is 11.4. The first-order chi connectivity index (χ1) is 6.33. The standard InChI is InChI=1S/C10H12N2O.ClH/c1-11-10(13)8-3-2-4-9-7(8)5-6-12-9;/h2-4,12H,5-6H2,1H3,(H,11,13);1H. The summed E-state index contributed by atoms with van der Waals surface area (Å²) < 4.78 is 0. The van der Waals surface area contributed by atoms with Gasteiger partial charge in [0.2, 0.25) is 0 Å². The summed E-state index contributed by atoms with van der Waals surface area (Å²) >= 11 is 0. The number of nitrogens with one attached hydrogen (secondary N) is 2. The fourth-order valence-electron chi connectivity index (χ4n) is 1.69. The fourth-order valence-corrected chi connectivity index (χ4v) is 1.69. The number of rotatable bonds is 1. The smallest absolute Gasteiger partial charge is 0.251 e. The van der Waals surface area contributed by atoms with Gasteiger partial charge in [-0.1, -0.05) is 6.07 Å². The molecule has 0 saturated heterocycles. The predicted octanol–water partition coefficient (Wildman–Crippen LogP) is 1.44. The molecule has 0 spiro atoms. The first-order valence-electron chi connectivity index (χ1n) is 4.41. The van der Waals surface area contributed by atoms with Crippen LogP contribution in [0.3, 0.4) is 0 Å². The summed E-state index contributed by atoms with van der Waals surface area (Å²) in [6.07, 6.45) is 0.943. The number of fused-ring (bicyclic) bond motifs is 1. The third kappa shape index (κ3) is 1.68. The Morgan fingerprint density at radius 1 is 1.50 bits per heavy atom. The van der Waals surface area contributed by atoms with Gasteiger partial charge in [-0.3, -0.25) is 4.79 Å². The molecule has 3 nitrogen and oxygen atoms in total. The van der Waals surface area contributed by atoms with Gasteiger partial charge in [-0.15, -0.1) is 12.4 Å². The van der Waals surface area contributed by atoms with Gasteiger partial charge in [0.15, 0.2) is 0 Å². The van der Waals surface area contributed by atoms with Gasteiger partial charge in [0.1, 0.15) is 0 Å². The summed E-state index contributed by atoms with van der Waals surface area (Å²) in [5.41, 5.74) is 3.04. The molecule has 1 heterocycles. The van der Waals surface area contributed by atoms with Gasteiger partial charge < -0.3 is 10.6 Å². The average molecular weight is 213 g/mol. The maximum atomic E-state index is 11.4. The second kappa shape index (κ2) is 4.33. The Labute approximate surface area is 89.3 Å². The molecule has 0 atom stereocenters. The van der Waals surface area contributed by atoms with Crippen LogP contribution in [-0.4, -0.2) is 19.5 Å². The van der Waals surface area contributed by atoms with Gasteiger partial charge in [-0.05, 0) is 24.1 Å². The van der Waals surface area contributed by atoms with Crippen LogP contribution in [0.2, 0.25) is 0 Å². The van der Waals surface area contributed by atoms with E-state index in [-0.39, 0.29) is 18.3 Å². The molecule has 1 aliphatic heterocycles. The SMILES string of the molecule is CNC(=O)c1cccc2c1CCN2.Cl. The number of amides is 1. The van der Waals surface area contributed by atoms with Crippen molar-refractivity contribution in [2.45, 2.75) is 6.42 Å². The number of halogens is 1. The molecule has 1 amide bonds. The van der Waals surface area contributed by atoms with Crippen molar-refractivity contribution in [3.8, 4) is 0 Å². The molecule has 1 aliphatic rings. The highest BCUT2D eigenvalue weighted by Crippen LogP contribution is 2.25. The van der Waals surface area contributed by atoms with Gasteiger partial charge in [-0.25, -0.2) is 0 Å². The van der Waals surface area contributed by atoms with E-state index in [0.29, 0.717) is 0 Å². The lowest BCUT2D eigenvalue weighted by Gasteiger charge is -2.05. The Morgan fingerprint density at radius 3 is 3.00 bits per heavy atom. The molecule has 0 radical (unpaired) electrons. The lowest BCUT2D eigenvalue weighted by Crippen LogP contribution is -2.19. The summed E-state index contributed by atoms with van der Waals surface area (Å²) in [5, 5.41) is 5.88. The Kier molecular flexibility index (Phi) is 3.36. The Balaban J connectivity index is 0.000000980. The summed E-state index contributed by atoms with van der Waals surface area (Å²) in [6.45, 7) is 0.934. The molecule has 2 N–H and O–H groups in total. The predicted molar refractivity (Wildman–Crippen MR) is 59.3 cm³/mol. The van der Waals surface area contributed by atoms with Gasteiger partial charge in [0.25, 0.3) is 5.91 Å². The van der Waals surface area contributed by atoms with Crippen LogP contribution in [0.25, 0.3) is 0 Å². The minimum absolute atomic E-state index is 0. The molecule has 0 bridgehead atoms. The van der Waals surface area contributed by atoms with E-state index in [1.54, 1.807) is 7.05 Å². The molecular weight excluding hydrogens is 200 g/mol. The van der Waals surface area contributed by atoms with E-state index in [4.69, 9.17) is 0 Å². The van der Waals surface area contributed by atoms with Gasteiger partial charge in [0, 0.05) is 24.8 Å². The lowest BCUT2D eigenvalue weighted by molar-refractivity contribution is 0.0962. The zero-order chi connectivity index (χ0) is 9.26. The van der Waals surface area contributed by atoms with Gasteiger partial charge in [0.05, 0.1) is 0 Å². The van der Waals surface area contributed by atoms with E-state index in [1.807, 2.05) is 18.2 Å². The summed E-state index contributed by atoms with van der Waals surface area (Å²) in [5.74, 6) is 0.000509. The van der Waals surface area contributed by atoms with E-state index >= 15 is 0 Å². The highest BCUT2D eigenvalue weighted by molar-refractivity contribution is 5.97. The zero-order valence-electron chi connectivity index (χ0n) is 7.96. The topological polar surface area (TPSA) is 41.1 Å². The molecule has 0 fully saturated rings. The van der Waals surface area contributed by atoms with Gasteiger partial charge >= 0.3 is 0 Å². The van der Waals surface area contributed by atoms with Crippen LogP contribution < -0.4 is 10.6 Å². The van der Waals surface area contributed by atoms with E-state index in [9.17, 15) is 4.79 Å². The van der Waals surface area contributed by atoms with Crippen molar-refractivity contribution in [1.29, 1.82) is 0 Å². The van der Waals surface area contributed by atoms with Crippen molar-refractivity contribution in [2.75, 3.05) is 18.9 Å². The van der Waals surface area contributed by atoms with Crippen LogP contribution in [0.1, 0.15) is 15.9 Å². The van der Waals surface area contributed by atoms with E-state index in [0.717, 1.165) is 29.8 Å². The van der Waals surface area contributed by atoms with Crippen LogP contribution in [0.4, 0.5) is 5.69 Å². The number of carbonyl (C=O) groups excluding carboxylic acids is 1. The van der Waals surface area contributed by atoms with Crippen LogP contribution in [-0.2, 0) is 6.42 Å². The van der Waals surface area contributed by atoms with Crippen LogP contribution in [0.5, 0.6) is 0 Å². The second-order valence-electron chi connectivity index (χ2n) is 3.09. The van der Waals surface area contributed by atoms with Crippen molar-refractivity contribution in [2.24, 2.45) is 0 Å². The number of anilines is 1. The third-order valence-electron chi connectivity index (χ3n) is 2.34. The Bertz CT molecular complexity index is 352. The first kappa shape index (κ1) is 10.9. The zero-order valence-corrected chi connectivity index (χ0v) is 8.78. The number of hydrogen-bond acceptors (Lipinski definition) is 2. The first-order valence-corrected chi connectivity index (χ1v) is 4.41. The van der Waals surface area contributed by atoms with Crippen LogP contribution in [0, 0.1) is 0 Å². The molecule has 4 heteroatoms. The normalized spacial score (nSPS) is 12.4. The summed E-state index contributed by atoms with van der Waals surface area (Å²) in [4.78, 5) is 11.4. The molecule has 0 aromatic heterocycles. The average Bonchev–Trinajstić information content (AvgIpc) is 2.63. The Morgan fingerprint density at radius 2 is 2.29 bits per heavy atom. The molecule has 14 heavy (non-hydrogen) atoms. The van der Waals surface area contributed by atoms with Crippen LogP contribution >= 0.6 is 12.4 Å². The molecule has 1 aromatic rings. The fraction of sp³-hybridized carbons (Fsp3) is 0.300. The molecule has 76 valence electrons. The monoisotopic (exact) mass is 212 g/mol. The van der Waals surface area contributed by atoms with Crippen molar-refractivity contribution >= 4 is 24.0 Å². The van der Waals surface area contributed by atoms with Crippen molar-refractivity contribution in [1.82, 2.24) is 5.32 Å². The minimum Gasteiger partial charge on any atom is -0.384 e. The summed E-state index contributed by atoms with van der Waals surface area (Å²) in [7, 11) is 1.66. The van der Waals surface area contributed by atoms with Crippen LogP contribution in [0.15, 0.2) is 18.2 Å². The largest absolute Gasteiger partial charge is 0.384 e. The van der Waals surface area contributed by atoms with Gasteiger partial charge in [-0.2, -0.15) is 0 Å². The number of carbonyl (C=O) groups is 1. The molecule has 0 unspecified atom stereocenters. The Hall–Kier alpha value is -1.22. The maximum Gasteiger partial charge on any atom is 0.251 e. The van der Waals surface area contributed by atoms with Crippen molar-refractivity contribution < 1.29 is 4.79 Å². The van der Waals surface area contributed by atoms with E-state index in [1.165, 1.54) is 0 Å². The van der Waals surface area contributed by atoms with E-state index in [2.05, 4.69) is 10.6 Å². The number of hydrogen-bond donors (Lipinski definition) is 2. The summed E-state index contributed by atoms with van der Waals surface area (Å²) in [6, 6.07) is 5.78. The highest BCUT2D eigenvalue weighted by Gasteiger charge is 2.16. The minimum atomic E-state index is 0. The quantitative estimate of drug-likeness (QED) is 0.740. The molecule has 1 aromatic carbocycles. The lowest BCUT2D eigenvalue weighted by atomic mass is 10.0. The number of benzene rings is 1. The molecular formula is C10H13ClN2O. The molecule has 0 aliphatic carbocycles. The molecule has 2 rings (SSSR count). The molecule has 0 saturated carbocycles. The van der Waals surface area contributed by atoms with Crippen molar-refractivity contribution in [3.05, 3.63) is 29.3 Å². The van der Waals surface area contributed by atoms with Crippen molar-refractivity contribution in [3.63, 3.8) is 0 Å². The third-order valence-corrected chi connectivity index (χ3v) is 2.34. The van der Waals surface area contributed by atoms with E-state index < -0.39 is 0 Å².